The van der Waals surface area contributed by atoms with Gasteiger partial charge in [-0.15, -0.1) is 0 Å². The van der Waals surface area contributed by atoms with E-state index in [2.05, 4.69) is 0 Å². The summed E-state index contributed by atoms with van der Waals surface area (Å²) in [6, 6.07) is 0.104. The molecule has 2 aliphatic rings. The van der Waals surface area contributed by atoms with Crippen molar-refractivity contribution in [3.8, 4) is 0 Å². The molecule has 0 aromatic carbocycles. The van der Waals surface area contributed by atoms with Gasteiger partial charge in [0.25, 0.3) is 0 Å². The minimum atomic E-state index is -0.750. The second kappa shape index (κ2) is 5.77. The van der Waals surface area contributed by atoms with E-state index in [0.29, 0.717) is 39.1 Å². The van der Waals surface area contributed by atoms with Crippen LogP contribution in [-0.4, -0.2) is 65.3 Å². The van der Waals surface area contributed by atoms with Gasteiger partial charge in [0.1, 0.15) is 0 Å². The molecule has 2 atom stereocenters. The second-order valence-corrected chi connectivity index (χ2v) is 5.53. The highest BCUT2D eigenvalue weighted by molar-refractivity contribution is 5.76. The Hall–Kier alpha value is -1.30. The molecule has 0 saturated carbocycles. The third kappa shape index (κ3) is 3.18. The number of nitrogens with zero attached hydrogens (tertiary/aromatic N) is 2. The molecule has 108 valence electrons. The minimum absolute atomic E-state index is 0.0199. The van der Waals surface area contributed by atoms with Crippen LogP contribution < -0.4 is 0 Å². The number of hydrogen-bond acceptors (Lipinski definition) is 3. The van der Waals surface area contributed by atoms with Gasteiger partial charge in [-0.2, -0.15) is 0 Å². The molecule has 2 saturated heterocycles. The number of hydrogen-bond donors (Lipinski definition) is 1. The van der Waals surface area contributed by atoms with Crippen LogP contribution in [0.4, 0.5) is 4.79 Å². The van der Waals surface area contributed by atoms with Gasteiger partial charge in [0.05, 0.1) is 24.7 Å². The third-order valence-corrected chi connectivity index (χ3v) is 3.97. The number of carbonyl (C=O) groups is 2. The van der Waals surface area contributed by atoms with Crippen molar-refractivity contribution in [3.05, 3.63) is 0 Å². The summed E-state index contributed by atoms with van der Waals surface area (Å²) < 4.78 is 5.52. The van der Waals surface area contributed by atoms with Gasteiger partial charge >= 0.3 is 12.0 Å². The first-order chi connectivity index (χ1) is 8.99. The molecule has 0 aliphatic carbocycles. The summed E-state index contributed by atoms with van der Waals surface area (Å²) in [6.45, 7) is 6.19. The number of urea groups is 1. The molecule has 0 bridgehead atoms. The van der Waals surface area contributed by atoms with E-state index < -0.39 is 5.97 Å². The lowest BCUT2D eigenvalue weighted by Gasteiger charge is -2.41. The zero-order chi connectivity index (χ0) is 14.0. The Kier molecular flexibility index (Phi) is 4.29. The van der Waals surface area contributed by atoms with E-state index in [0.717, 1.165) is 0 Å². The van der Waals surface area contributed by atoms with E-state index in [1.54, 1.807) is 4.90 Å². The highest BCUT2D eigenvalue weighted by Gasteiger charge is 2.33. The molecule has 0 aromatic heterocycles. The number of carboxylic acids is 1. The van der Waals surface area contributed by atoms with E-state index in [9.17, 15) is 9.59 Å². The van der Waals surface area contributed by atoms with Crippen LogP contribution in [-0.2, 0) is 9.53 Å². The van der Waals surface area contributed by atoms with Crippen molar-refractivity contribution in [1.29, 1.82) is 0 Å². The van der Waals surface area contributed by atoms with Gasteiger partial charge in [-0.3, -0.25) is 4.79 Å². The lowest BCUT2D eigenvalue weighted by atomic mass is 9.97. The fourth-order valence-corrected chi connectivity index (χ4v) is 2.67. The first kappa shape index (κ1) is 14.1. The molecule has 2 amide bonds. The predicted molar refractivity (Wildman–Crippen MR) is 68.9 cm³/mol. The topological polar surface area (TPSA) is 70.1 Å². The maximum Gasteiger partial charge on any atom is 0.320 e. The van der Waals surface area contributed by atoms with Gasteiger partial charge in [0, 0.05) is 19.6 Å². The maximum atomic E-state index is 12.4. The van der Waals surface area contributed by atoms with Gasteiger partial charge in [0.15, 0.2) is 0 Å². The first-order valence-electron chi connectivity index (χ1n) is 6.89. The molecular formula is C13H22N2O4. The fraction of sp³-hybridized carbons (Fsp3) is 0.846. The maximum absolute atomic E-state index is 12.4. The van der Waals surface area contributed by atoms with E-state index in [1.165, 1.54) is 0 Å². The summed E-state index contributed by atoms with van der Waals surface area (Å²) in [5.74, 6) is -1.05. The van der Waals surface area contributed by atoms with Crippen LogP contribution in [0.15, 0.2) is 0 Å². The minimum Gasteiger partial charge on any atom is -0.481 e. The predicted octanol–water partition coefficient (Wildman–Crippen LogP) is 1.01. The standard InChI is InChI=1S/C13H22N2O4/c1-9-8-19-10(2)7-15(9)13(18)14-5-3-11(4-6-14)12(16)17/h9-11H,3-8H2,1-2H3,(H,16,17). The molecular weight excluding hydrogens is 248 g/mol. The Labute approximate surface area is 113 Å². The fourth-order valence-electron chi connectivity index (χ4n) is 2.67. The molecule has 1 N–H and O–H groups in total. The van der Waals surface area contributed by atoms with Crippen molar-refractivity contribution < 1.29 is 19.4 Å². The molecule has 6 nitrogen and oxygen atoms in total. The van der Waals surface area contributed by atoms with Crippen molar-refractivity contribution in [2.45, 2.75) is 38.8 Å². The summed E-state index contributed by atoms with van der Waals surface area (Å²) in [5, 5.41) is 8.96. The lowest BCUT2D eigenvalue weighted by Crippen LogP contribution is -2.56. The summed E-state index contributed by atoms with van der Waals surface area (Å²) in [6.07, 6.45) is 1.17. The number of amides is 2. The smallest absolute Gasteiger partial charge is 0.320 e. The molecule has 0 aromatic rings. The van der Waals surface area contributed by atoms with Crippen LogP contribution in [0.1, 0.15) is 26.7 Å². The summed E-state index contributed by atoms with van der Waals surface area (Å²) in [5.41, 5.74) is 0. The Morgan fingerprint density at radius 2 is 1.84 bits per heavy atom. The molecule has 2 fully saturated rings. The van der Waals surface area contributed by atoms with E-state index >= 15 is 0 Å². The summed E-state index contributed by atoms with van der Waals surface area (Å²) in [4.78, 5) is 26.9. The van der Waals surface area contributed by atoms with Crippen LogP contribution in [0, 0.1) is 5.92 Å². The van der Waals surface area contributed by atoms with Crippen molar-refractivity contribution >= 4 is 12.0 Å². The summed E-state index contributed by atoms with van der Waals surface area (Å²) >= 11 is 0. The van der Waals surface area contributed by atoms with Gasteiger partial charge in [-0.05, 0) is 26.7 Å². The monoisotopic (exact) mass is 270 g/mol. The normalized spacial score (nSPS) is 29.4. The number of carbonyl (C=O) groups excluding carboxylic acids is 1. The molecule has 2 rings (SSSR count). The third-order valence-electron chi connectivity index (χ3n) is 3.97. The quantitative estimate of drug-likeness (QED) is 0.772. The molecule has 19 heavy (non-hydrogen) atoms. The zero-order valence-electron chi connectivity index (χ0n) is 11.5. The van der Waals surface area contributed by atoms with Crippen LogP contribution in [0.25, 0.3) is 0 Å². The zero-order valence-corrected chi connectivity index (χ0v) is 11.5. The lowest BCUT2D eigenvalue weighted by molar-refractivity contribution is -0.143. The van der Waals surface area contributed by atoms with Crippen molar-refractivity contribution in [2.24, 2.45) is 5.92 Å². The van der Waals surface area contributed by atoms with E-state index in [1.807, 2.05) is 18.7 Å². The Balaban J connectivity index is 1.91. The van der Waals surface area contributed by atoms with Gasteiger partial charge in [0.2, 0.25) is 0 Å². The van der Waals surface area contributed by atoms with E-state index in [4.69, 9.17) is 9.84 Å². The first-order valence-corrected chi connectivity index (χ1v) is 6.89. The second-order valence-electron chi connectivity index (χ2n) is 5.53. The van der Waals surface area contributed by atoms with Gasteiger partial charge in [-0.25, -0.2) is 4.79 Å². The van der Waals surface area contributed by atoms with Crippen LogP contribution >= 0.6 is 0 Å². The Morgan fingerprint density at radius 1 is 1.21 bits per heavy atom. The van der Waals surface area contributed by atoms with E-state index in [-0.39, 0.29) is 24.1 Å². The number of piperidine rings is 1. The SMILES string of the molecule is CC1CN(C(=O)N2CCC(C(=O)O)CC2)C(C)CO1. The van der Waals surface area contributed by atoms with Gasteiger partial charge in [-0.1, -0.05) is 0 Å². The summed E-state index contributed by atoms with van der Waals surface area (Å²) in [7, 11) is 0. The average molecular weight is 270 g/mol. The molecule has 2 heterocycles. The number of ether oxygens (including phenoxy) is 1. The molecule has 0 spiro atoms. The van der Waals surface area contributed by atoms with Crippen molar-refractivity contribution in [2.75, 3.05) is 26.2 Å². The van der Waals surface area contributed by atoms with Crippen molar-refractivity contribution in [3.63, 3.8) is 0 Å². The van der Waals surface area contributed by atoms with Gasteiger partial charge < -0.3 is 19.6 Å². The number of likely N-dealkylation sites (tertiary alicyclic amines) is 1. The van der Waals surface area contributed by atoms with Crippen LogP contribution in [0.5, 0.6) is 0 Å². The average Bonchev–Trinajstić information content (AvgIpc) is 2.41. The number of carboxylic acid groups (broad SMARTS) is 1. The Bertz CT molecular complexity index is 353. The molecule has 0 radical (unpaired) electrons. The largest absolute Gasteiger partial charge is 0.481 e. The van der Waals surface area contributed by atoms with Crippen molar-refractivity contribution in [1.82, 2.24) is 9.80 Å². The molecule has 2 aliphatic heterocycles. The molecule has 6 heteroatoms. The number of aliphatic carboxylic acids is 1. The molecule has 2 unspecified atom stereocenters. The van der Waals surface area contributed by atoms with Crippen LogP contribution in [0.3, 0.4) is 0 Å². The van der Waals surface area contributed by atoms with Crippen LogP contribution in [0.2, 0.25) is 0 Å². The highest BCUT2D eigenvalue weighted by atomic mass is 16.5. The number of rotatable bonds is 1. The Morgan fingerprint density at radius 3 is 2.42 bits per heavy atom. The highest BCUT2D eigenvalue weighted by Crippen LogP contribution is 2.20. The number of morpholine rings is 1.